The van der Waals surface area contributed by atoms with Crippen LogP contribution < -0.4 is 15.2 Å². The molecule has 3 rings (SSSR count). The van der Waals surface area contributed by atoms with Crippen LogP contribution >= 0.6 is 11.6 Å². The number of hydrogen-bond acceptors (Lipinski definition) is 4. The van der Waals surface area contributed by atoms with Crippen LogP contribution in [0.4, 0.5) is 5.82 Å². The second-order valence-corrected chi connectivity index (χ2v) is 4.62. The number of aromatic nitrogens is 2. The van der Waals surface area contributed by atoms with Gasteiger partial charge in [0.15, 0.2) is 5.82 Å². The topological polar surface area (TPSA) is 58.2 Å². The van der Waals surface area contributed by atoms with E-state index in [1.807, 2.05) is 29.2 Å². The van der Waals surface area contributed by atoms with E-state index in [-0.39, 0.29) is 10.6 Å². The molecule has 0 bridgehead atoms. The zero-order valence-electron chi connectivity index (χ0n) is 10.1. The van der Waals surface area contributed by atoms with Gasteiger partial charge in [-0.25, -0.2) is 4.98 Å². The molecule has 1 N–H and O–H groups in total. The third-order valence-corrected chi connectivity index (χ3v) is 3.37. The smallest absolute Gasteiger partial charge is 0.271 e. The van der Waals surface area contributed by atoms with E-state index < -0.39 is 0 Å². The van der Waals surface area contributed by atoms with E-state index in [0.717, 1.165) is 11.3 Å². The van der Waals surface area contributed by atoms with Gasteiger partial charge in [0.25, 0.3) is 5.56 Å². The molecule has 0 unspecified atom stereocenters. The van der Waals surface area contributed by atoms with Gasteiger partial charge in [0.2, 0.25) is 0 Å². The first-order valence-electron chi connectivity index (χ1n) is 5.94. The van der Waals surface area contributed by atoms with Gasteiger partial charge in [-0.05, 0) is 6.07 Å². The highest BCUT2D eigenvalue weighted by Crippen LogP contribution is 2.27. The maximum Gasteiger partial charge on any atom is 0.271 e. The van der Waals surface area contributed by atoms with E-state index >= 15 is 0 Å². The largest absolute Gasteiger partial charge is 0.491 e. The molecule has 0 radical (unpaired) electrons. The first-order chi connectivity index (χ1) is 9.25. The van der Waals surface area contributed by atoms with E-state index in [2.05, 4.69) is 9.97 Å². The van der Waals surface area contributed by atoms with Crippen molar-refractivity contribution >= 4 is 17.4 Å². The van der Waals surface area contributed by atoms with Gasteiger partial charge in [0.05, 0.1) is 12.9 Å². The summed E-state index contributed by atoms with van der Waals surface area (Å²) < 4.78 is 5.67. The number of aromatic amines is 1. The zero-order chi connectivity index (χ0) is 13.2. The molecule has 19 heavy (non-hydrogen) atoms. The fourth-order valence-corrected chi connectivity index (χ4v) is 2.32. The average molecular weight is 278 g/mol. The average Bonchev–Trinajstić information content (AvgIpc) is 2.64. The van der Waals surface area contributed by atoms with Crippen LogP contribution in [0.25, 0.3) is 0 Å². The molecule has 0 atom stereocenters. The lowest BCUT2D eigenvalue weighted by Crippen LogP contribution is -2.28. The SMILES string of the molecule is O=c1[nH]cnc(N2CCOc3ccccc3C2)c1Cl. The summed E-state index contributed by atoms with van der Waals surface area (Å²) in [7, 11) is 0. The van der Waals surface area contributed by atoms with E-state index in [0.29, 0.717) is 25.5 Å². The number of nitrogens with one attached hydrogen (secondary N) is 1. The van der Waals surface area contributed by atoms with Crippen LogP contribution in [-0.2, 0) is 6.54 Å². The summed E-state index contributed by atoms with van der Waals surface area (Å²) in [5.74, 6) is 1.36. The van der Waals surface area contributed by atoms with Crippen molar-refractivity contribution in [2.45, 2.75) is 6.54 Å². The molecule has 1 aliphatic heterocycles. The molecule has 2 aromatic rings. The molecule has 0 fully saturated rings. The maximum absolute atomic E-state index is 11.5. The molecule has 0 saturated heterocycles. The molecule has 5 nitrogen and oxygen atoms in total. The molecule has 0 amide bonds. The maximum atomic E-state index is 11.5. The summed E-state index contributed by atoms with van der Waals surface area (Å²) in [6, 6.07) is 7.83. The van der Waals surface area contributed by atoms with Gasteiger partial charge in [0, 0.05) is 12.1 Å². The number of hydrogen-bond donors (Lipinski definition) is 1. The van der Waals surface area contributed by atoms with Gasteiger partial charge in [-0.1, -0.05) is 29.8 Å². The summed E-state index contributed by atoms with van der Waals surface area (Å²) in [5.41, 5.74) is 0.725. The van der Waals surface area contributed by atoms with E-state index in [1.165, 1.54) is 6.33 Å². The highest BCUT2D eigenvalue weighted by molar-refractivity contribution is 6.32. The predicted molar refractivity (Wildman–Crippen MR) is 72.9 cm³/mol. The van der Waals surface area contributed by atoms with Gasteiger partial charge in [0.1, 0.15) is 17.4 Å². The summed E-state index contributed by atoms with van der Waals surface area (Å²) in [6.45, 7) is 1.78. The lowest BCUT2D eigenvalue weighted by Gasteiger charge is -2.21. The molecule has 0 saturated carbocycles. The third-order valence-electron chi connectivity index (χ3n) is 3.03. The Balaban J connectivity index is 1.99. The monoisotopic (exact) mass is 277 g/mol. The second-order valence-electron chi connectivity index (χ2n) is 4.25. The lowest BCUT2D eigenvalue weighted by atomic mass is 10.2. The van der Waals surface area contributed by atoms with E-state index in [1.54, 1.807) is 0 Å². The van der Waals surface area contributed by atoms with Crippen molar-refractivity contribution in [3.63, 3.8) is 0 Å². The van der Waals surface area contributed by atoms with Crippen molar-refractivity contribution in [2.24, 2.45) is 0 Å². The van der Waals surface area contributed by atoms with Crippen LogP contribution in [0.5, 0.6) is 5.75 Å². The minimum absolute atomic E-state index is 0.113. The Hall–Kier alpha value is -2.01. The lowest BCUT2D eigenvalue weighted by molar-refractivity contribution is 0.331. The van der Waals surface area contributed by atoms with Crippen molar-refractivity contribution in [1.82, 2.24) is 9.97 Å². The third kappa shape index (κ3) is 2.29. The molecule has 0 aliphatic carbocycles. The van der Waals surface area contributed by atoms with Crippen molar-refractivity contribution in [3.8, 4) is 5.75 Å². The van der Waals surface area contributed by atoms with Crippen LogP contribution in [0.15, 0.2) is 35.4 Å². The zero-order valence-corrected chi connectivity index (χ0v) is 10.9. The van der Waals surface area contributed by atoms with Crippen LogP contribution in [0.1, 0.15) is 5.56 Å². The summed E-state index contributed by atoms with van der Waals surface area (Å²) in [4.78, 5) is 20.1. The number of ether oxygens (including phenoxy) is 1. The van der Waals surface area contributed by atoms with Crippen molar-refractivity contribution in [1.29, 1.82) is 0 Å². The molecule has 1 aliphatic rings. The molecule has 2 heterocycles. The van der Waals surface area contributed by atoms with Crippen molar-refractivity contribution < 1.29 is 4.74 Å². The number of halogens is 1. The highest BCUT2D eigenvalue weighted by atomic mass is 35.5. The number of rotatable bonds is 1. The van der Waals surface area contributed by atoms with Gasteiger partial charge in [-0.2, -0.15) is 0 Å². The number of H-pyrrole nitrogens is 1. The van der Waals surface area contributed by atoms with Crippen LogP contribution in [0.3, 0.4) is 0 Å². The molecule has 1 aromatic carbocycles. The Morgan fingerprint density at radius 3 is 3.11 bits per heavy atom. The Morgan fingerprint density at radius 1 is 1.37 bits per heavy atom. The van der Waals surface area contributed by atoms with Crippen molar-refractivity contribution in [2.75, 3.05) is 18.1 Å². The highest BCUT2D eigenvalue weighted by Gasteiger charge is 2.19. The molecular formula is C13H12ClN3O2. The normalized spacial score (nSPS) is 14.5. The van der Waals surface area contributed by atoms with Crippen LogP contribution in [0.2, 0.25) is 5.02 Å². The standard InChI is InChI=1S/C13H12ClN3O2/c14-11-12(15-8-16-13(11)18)17-5-6-19-10-4-2-1-3-9(10)7-17/h1-4,8H,5-7H2,(H,15,16,18). The quantitative estimate of drug-likeness (QED) is 0.864. The minimum Gasteiger partial charge on any atom is -0.491 e. The van der Waals surface area contributed by atoms with Crippen LogP contribution in [0, 0.1) is 0 Å². The van der Waals surface area contributed by atoms with Gasteiger partial charge < -0.3 is 14.6 Å². The molecule has 0 spiro atoms. The van der Waals surface area contributed by atoms with Crippen molar-refractivity contribution in [3.05, 3.63) is 51.5 Å². The number of nitrogens with zero attached hydrogens (tertiary/aromatic N) is 2. The summed E-state index contributed by atoms with van der Waals surface area (Å²) in [6.07, 6.45) is 1.36. The second kappa shape index (κ2) is 4.93. The first-order valence-corrected chi connectivity index (χ1v) is 6.32. The van der Waals surface area contributed by atoms with E-state index in [9.17, 15) is 4.79 Å². The fourth-order valence-electron chi connectivity index (χ4n) is 2.10. The Labute approximate surface area is 114 Å². The predicted octanol–water partition coefficient (Wildman–Crippen LogP) is 1.82. The van der Waals surface area contributed by atoms with Gasteiger partial charge in [-0.3, -0.25) is 4.79 Å². The molecule has 6 heteroatoms. The molecule has 98 valence electrons. The number of fused-ring (bicyclic) bond motifs is 1. The number of para-hydroxylation sites is 1. The number of anilines is 1. The Morgan fingerprint density at radius 2 is 2.21 bits per heavy atom. The summed E-state index contributed by atoms with van der Waals surface area (Å²) in [5, 5.41) is 0.113. The summed E-state index contributed by atoms with van der Waals surface area (Å²) >= 11 is 6.02. The Kier molecular flexibility index (Phi) is 3.13. The van der Waals surface area contributed by atoms with Gasteiger partial charge in [-0.15, -0.1) is 0 Å². The van der Waals surface area contributed by atoms with E-state index in [4.69, 9.17) is 16.3 Å². The number of benzene rings is 1. The van der Waals surface area contributed by atoms with Gasteiger partial charge >= 0.3 is 0 Å². The molecule has 1 aromatic heterocycles. The van der Waals surface area contributed by atoms with Crippen LogP contribution in [-0.4, -0.2) is 23.1 Å². The molecular weight excluding hydrogens is 266 g/mol. The Bertz CT molecular complexity index is 656. The first kappa shape index (κ1) is 12.0. The fraction of sp³-hybridized carbons (Fsp3) is 0.231. The minimum atomic E-state index is -0.329.